The molecule has 0 aliphatic carbocycles. The van der Waals surface area contributed by atoms with Crippen LogP contribution < -0.4 is 10.9 Å². The molecule has 0 radical (unpaired) electrons. The van der Waals surface area contributed by atoms with Gasteiger partial charge in [-0.05, 0) is 31.2 Å². The maximum Gasteiger partial charge on any atom is 0.295 e. The van der Waals surface area contributed by atoms with Gasteiger partial charge in [-0.1, -0.05) is 36.0 Å². The molecule has 0 unspecified atom stereocenters. The molecule has 1 N–H and O–H groups in total. The molecule has 4 rings (SSSR count). The summed E-state index contributed by atoms with van der Waals surface area (Å²) in [5, 5.41) is 11.9. The molecule has 33 heavy (non-hydrogen) atoms. The first-order valence-corrected chi connectivity index (χ1v) is 11.3. The molecule has 170 valence electrons. The van der Waals surface area contributed by atoms with Crippen molar-refractivity contribution in [2.24, 2.45) is 7.05 Å². The average molecular weight is 465 g/mol. The molecule has 3 heterocycles. The molecular formula is C23H24N6O3S. The second-order valence-corrected chi connectivity index (χ2v) is 8.33. The maximum absolute atomic E-state index is 13.0. The number of carbonyl (C=O) groups excluding carboxylic acids is 1. The van der Waals surface area contributed by atoms with E-state index in [4.69, 9.17) is 4.42 Å². The van der Waals surface area contributed by atoms with Gasteiger partial charge in [-0.25, -0.2) is 4.68 Å². The minimum absolute atomic E-state index is 0.209. The van der Waals surface area contributed by atoms with Crippen molar-refractivity contribution in [2.75, 3.05) is 11.1 Å². The highest BCUT2D eigenvalue weighted by atomic mass is 32.2. The molecule has 3 aromatic heterocycles. The molecule has 0 bridgehead atoms. The molecule has 4 aromatic rings. The SMILES string of the molecule is C=CCn1c(SCCC(=O)Nc2c(C)n(C)n(-c3ccccc3)c2=O)nnc1-c1ccco1. The number of para-hydroxylation sites is 1. The van der Waals surface area contributed by atoms with Crippen LogP contribution in [0.5, 0.6) is 0 Å². The third kappa shape index (κ3) is 4.56. The number of furan rings is 1. The lowest BCUT2D eigenvalue weighted by Gasteiger charge is -2.07. The smallest absolute Gasteiger partial charge is 0.295 e. The number of nitrogens with one attached hydrogen (secondary N) is 1. The summed E-state index contributed by atoms with van der Waals surface area (Å²) in [6, 6.07) is 12.9. The van der Waals surface area contributed by atoms with Gasteiger partial charge in [0.05, 0.1) is 17.6 Å². The number of amides is 1. The Hall–Kier alpha value is -3.79. The summed E-state index contributed by atoms with van der Waals surface area (Å²) in [4.78, 5) is 25.6. The number of rotatable bonds is 9. The third-order valence-electron chi connectivity index (χ3n) is 5.15. The van der Waals surface area contributed by atoms with Crippen molar-refractivity contribution in [2.45, 2.75) is 25.0 Å². The standard InChI is InChI=1S/C23H24N6O3S/c1-4-13-28-21(18-11-8-14-32-18)25-26-23(28)33-15-12-19(30)24-20-16(2)27(3)29(22(20)31)17-9-6-5-7-10-17/h4-11,14H,1,12-13,15H2,2-3H3,(H,24,30). The van der Waals surface area contributed by atoms with Crippen LogP contribution in [0.4, 0.5) is 5.69 Å². The minimum atomic E-state index is -0.268. The molecular weight excluding hydrogens is 440 g/mol. The van der Waals surface area contributed by atoms with E-state index in [2.05, 4.69) is 22.1 Å². The molecule has 0 atom stereocenters. The highest BCUT2D eigenvalue weighted by molar-refractivity contribution is 7.99. The zero-order valence-electron chi connectivity index (χ0n) is 18.4. The van der Waals surface area contributed by atoms with Crippen LogP contribution in [0.2, 0.25) is 0 Å². The minimum Gasteiger partial charge on any atom is -0.461 e. The van der Waals surface area contributed by atoms with Crippen molar-refractivity contribution < 1.29 is 9.21 Å². The van der Waals surface area contributed by atoms with Gasteiger partial charge in [-0.2, -0.15) is 0 Å². The van der Waals surface area contributed by atoms with E-state index in [-0.39, 0.29) is 23.6 Å². The van der Waals surface area contributed by atoms with Crippen LogP contribution in [-0.4, -0.2) is 35.8 Å². The number of aromatic nitrogens is 5. The summed E-state index contributed by atoms with van der Waals surface area (Å²) in [7, 11) is 1.79. The number of thioether (sulfide) groups is 1. The molecule has 0 spiro atoms. The lowest BCUT2D eigenvalue weighted by Crippen LogP contribution is -2.23. The fourth-order valence-corrected chi connectivity index (χ4v) is 4.31. The van der Waals surface area contributed by atoms with E-state index in [1.54, 1.807) is 37.1 Å². The number of anilines is 1. The normalized spacial score (nSPS) is 11.0. The summed E-state index contributed by atoms with van der Waals surface area (Å²) in [5.41, 5.74) is 1.43. The van der Waals surface area contributed by atoms with Crippen molar-refractivity contribution in [1.29, 1.82) is 0 Å². The Balaban J connectivity index is 1.43. The summed E-state index contributed by atoms with van der Waals surface area (Å²) in [5.74, 6) is 1.45. The number of carbonyl (C=O) groups is 1. The van der Waals surface area contributed by atoms with Gasteiger partial charge in [-0.3, -0.25) is 18.8 Å². The highest BCUT2D eigenvalue weighted by Crippen LogP contribution is 2.25. The summed E-state index contributed by atoms with van der Waals surface area (Å²) >= 11 is 1.41. The fraction of sp³-hybridized carbons (Fsp3) is 0.217. The molecule has 9 nitrogen and oxygen atoms in total. The van der Waals surface area contributed by atoms with E-state index in [0.29, 0.717) is 34.7 Å². The zero-order chi connectivity index (χ0) is 23.4. The predicted octanol–water partition coefficient (Wildman–Crippen LogP) is 3.64. The number of hydrogen-bond donors (Lipinski definition) is 1. The van der Waals surface area contributed by atoms with Crippen molar-refractivity contribution in [3.63, 3.8) is 0 Å². The van der Waals surface area contributed by atoms with Gasteiger partial charge in [0.1, 0.15) is 5.69 Å². The van der Waals surface area contributed by atoms with E-state index < -0.39 is 0 Å². The van der Waals surface area contributed by atoms with Gasteiger partial charge in [0.2, 0.25) is 11.7 Å². The number of hydrogen-bond acceptors (Lipinski definition) is 6. The van der Waals surface area contributed by atoms with E-state index in [1.807, 2.05) is 41.0 Å². The van der Waals surface area contributed by atoms with E-state index >= 15 is 0 Å². The highest BCUT2D eigenvalue weighted by Gasteiger charge is 2.19. The number of nitrogens with zero attached hydrogens (tertiary/aromatic N) is 5. The fourth-order valence-electron chi connectivity index (χ4n) is 3.43. The lowest BCUT2D eigenvalue weighted by molar-refractivity contribution is -0.115. The molecule has 0 saturated heterocycles. The first-order chi connectivity index (χ1) is 16.0. The number of allylic oxidation sites excluding steroid dienone is 1. The lowest BCUT2D eigenvalue weighted by atomic mass is 10.3. The van der Waals surface area contributed by atoms with Crippen LogP contribution in [0.15, 0.2) is 75.8 Å². The predicted molar refractivity (Wildman–Crippen MR) is 128 cm³/mol. The first-order valence-electron chi connectivity index (χ1n) is 10.4. The summed E-state index contributed by atoms with van der Waals surface area (Å²) in [6.07, 6.45) is 3.54. The summed E-state index contributed by atoms with van der Waals surface area (Å²) in [6.45, 7) is 6.11. The Morgan fingerprint density at radius 2 is 2.00 bits per heavy atom. The molecule has 0 saturated carbocycles. The monoisotopic (exact) mass is 464 g/mol. The average Bonchev–Trinajstić information content (AvgIpc) is 3.52. The second-order valence-electron chi connectivity index (χ2n) is 7.27. The van der Waals surface area contributed by atoms with E-state index in [9.17, 15) is 9.59 Å². The van der Waals surface area contributed by atoms with Gasteiger partial charge in [0.15, 0.2) is 10.9 Å². The van der Waals surface area contributed by atoms with Crippen LogP contribution in [0.1, 0.15) is 12.1 Å². The quantitative estimate of drug-likeness (QED) is 0.300. The van der Waals surface area contributed by atoms with Crippen LogP contribution >= 0.6 is 11.8 Å². The van der Waals surface area contributed by atoms with Crippen LogP contribution in [0.3, 0.4) is 0 Å². The largest absolute Gasteiger partial charge is 0.461 e. The zero-order valence-corrected chi connectivity index (χ0v) is 19.2. The van der Waals surface area contributed by atoms with Gasteiger partial charge < -0.3 is 9.73 Å². The molecule has 1 amide bonds. The summed E-state index contributed by atoms with van der Waals surface area (Å²) < 4.78 is 10.6. The molecule has 10 heteroatoms. The third-order valence-corrected chi connectivity index (χ3v) is 6.12. The first kappa shape index (κ1) is 22.4. The Kier molecular flexibility index (Phi) is 6.64. The van der Waals surface area contributed by atoms with E-state index in [1.165, 1.54) is 16.4 Å². The van der Waals surface area contributed by atoms with Gasteiger partial charge in [0.25, 0.3) is 5.56 Å². The Bertz CT molecular complexity index is 1320. The van der Waals surface area contributed by atoms with Crippen molar-refractivity contribution in [3.8, 4) is 17.3 Å². The van der Waals surface area contributed by atoms with Gasteiger partial charge in [0, 0.05) is 25.8 Å². The molecule has 0 fully saturated rings. The Morgan fingerprint density at radius 3 is 2.70 bits per heavy atom. The Labute approximate surface area is 194 Å². The van der Waals surface area contributed by atoms with Gasteiger partial charge in [-0.15, -0.1) is 16.8 Å². The van der Waals surface area contributed by atoms with Gasteiger partial charge >= 0.3 is 0 Å². The molecule has 1 aromatic carbocycles. The van der Waals surface area contributed by atoms with Crippen molar-refractivity contribution in [3.05, 3.63) is 77.4 Å². The van der Waals surface area contributed by atoms with E-state index in [0.717, 1.165) is 5.69 Å². The van der Waals surface area contributed by atoms with Crippen LogP contribution in [0, 0.1) is 6.92 Å². The second kappa shape index (κ2) is 9.78. The van der Waals surface area contributed by atoms with Crippen molar-refractivity contribution in [1.82, 2.24) is 24.1 Å². The Morgan fingerprint density at radius 1 is 1.21 bits per heavy atom. The molecule has 0 aliphatic rings. The van der Waals surface area contributed by atoms with Crippen LogP contribution in [-0.2, 0) is 18.4 Å². The van der Waals surface area contributed by atoms with Crippen LogP contribution in [0.25, 0.3) is 17.3 Å². The molecule has 0 aliphatic heterocycles. The van der Waals surface area contributed by atoms with Crippen molar-refractivity contribution >= 4 is 23.4 Å². The maximum atomic E-state index is 13.0. The topological polar surface area (TPSA) is 99.9 Å². The number of benzene rings is 1.